The van der Waals surface area contributed by atoms with Gasteiger partial charge in [-0.1, -0.05) is 0 Å². The Balaban J connectivity index is 3.33. The Morgan fingerprint density at radius 2 is 1.73 bits per heavy atom. The van der Waals surface area contributed by atoms with E-state index in [4.69, 9.17) is 0 Å². The van der Waals surface area contributed by atoms with E-state index < -0.39 is 11.9 Å². The number of methoxy groups -OCH3 is 2. The van der Waals surface area contributed by atoms with Crippen LogP contribution < -0.4 is 0 Å². The molecule has 0 bridgehead atoms. The lowest BCUT2D eigenvalue weighted by Crippen LogP contribution is -2.10. The van der Waals surface area contributed by atoms with Gasteiger partial charge < -0.3 is 14.0 Å². The minimum absolute atomic E-state index is 0.226. The summed E-state index contributed by atoms with van der Waals surface area (Å²) in [6, 6.07) is 0. The smallest absolute Gasteiger partial charge is 0.340 e. The van der Waals surface area contributed by atoms with Crippen LogP contribution in [0.1, 0.15) is 26.4 Å². The van der Waals surface area contributed by atoms with Gasteiger partial charge in [-0.2, -0.15) is 0 Å². The molecular formula is C10H13NO4. The summed E-state index contributed by atoms with van der Waals surface area (Å²) in [5.74, 6) is -1.08. The van der Waals surface area contributed by atoms with E-state index in [-0.39, 0.29) is 11.1 Å². The Morgan fingerprint density at radius 1 is 1.20 bits per heavy atom. The van der Waals surface area contributed by atoms with E-state index in [2.05, 4.69) is 9.47 Å². The molecule has 0 aliphatic rings. The van der Waals surface area contributed by atoms with Gasteiger partial charge in [-0.05, 0) is 6.92 Å². The third kappa shape index (κ3) is 1.86. The Morgan fingerprint density at radius 3 is 2.20 bits per heavy atom. The van der Waals surface area contributed by atoms with E-state index >= 15 is 0 Å². The van der Waals surface area contributed by atoms with Crippen molar-refractivity contribution >= 4 is 11.9 Å². The average molecular weight is 211 g/mol. The fraction of sp³-hybridized carbons (Fsp3) is 0.400. The number of nitrogens with zero attached hydrogens (tertiary/aromatic N) is 1. The molecule has 82 valence electrons. The predicted octanol–water partition coefficient (Wildman–Crippen LogP) is 0.907. The van der Waals surface area contributed by atoms with Crippen molar-refractivity contribution in [3.8, 4) is 0 Å². The number of carbonyl (C=O) groups is 2. The first-order valence-corrected chi connectivity index (χ1v) is 4.35. The largest absolute Gasteiger partial charge is 0.465 e. The highest BCUT2D eigenvalue weighted by atomic mass is 16.5. The van der Waals surface area contributed by atoms with Crippen LogP contribution in [0, 0.1) is 6.92 Å². The van der Waals surface area contributed by atoms with Gasteiger partial charge in [0.15, 0.2) is 0 Å². The van der Waals surface area contributed by atoms with Gasteiger partial charge in [-0.25, -0.2) is 9.59 Å². The third-order valence-electron chi connectivity index (χ3n) is 2.28. The summed E-state index contributed by atoms with van der Waals surface area (Å²) >= 11 is 0. The molecule has 1 aromatic heterocycles. The fourth-order valence-corrected chi connectivity index (χ4v) is 1.35. The van der Waals surface area contributed by atoms with Crippen molar-refractivity contribution in [2.24, 2.45) is 7.05 Å². The van der Waals surface area contributed by atoms with Crippen LogP contribution in [0.5, 0.6) is 0 Å². The highest BCUT2D eigenvalue weighted by Gasteiger charge is 2.23. The van der Waals surface area contributed by atoms with Gasteiger partial charge in [0.05, 0.1) is 25.3 Å². The summed E-state index contributed by atoms with van der Waals surface area (Å²) < 4.78 is 10.9. The summed E-state index contributed by atoms with van der Waals surface area (Å²) in [4.78, 5) is 22.8. The first-order valence-electron chi connectivity index (χ1n) is 4.35. The van der Waals surface area contributed by atoms with Gasteiger partial charge in [0, 0.05) is 18.9 Å². The van der Waals surface area contributed by atoms with Crippen molar-refractivity contribution in [1.29, 1.82) is 0 Å². The molecule has 0 aliphatic heterocycles. The normalized spacial score (nSPS) is 9.87. The van der Waals surface area contributed by atoms with Crippen molar-refractivity contribution in [1.82, 2.24) is 4.57 Å². The maximum absolute atomic E-state index is 11.4. The zero-order chi connectivity index (χ0) is 11.6. The fourth-order valence-electron chi connectivity index (χ4n) is 1.35. The second-order valence-corrected chi connectivity index (χ2v) is 3.10. The third-order valence-corrected chi connectivity index (χ3v) is 2.28. The van der Waals surface area contributed by atoms with Crippen LogP contribution in [0.25, 0.3) is 0 Å². The maximum Gasteiger partial charge on any atom is 0.340 e. The minimum Gasteiger partial charge on any atom is -0.465 e. The summed E-state index contributed by atoms with van der Waals surface area (Å²) in [6.45, 7) is 1.73. The molecule has 1 rings (SSSR count). The summed E-state index contributed by atoms with van der Waals surface area (Å²) in [5, 5.41) is 0. The molecule has 0 aliphatic carbocycles. The monoisotopic (exact) mass is 211 g/mol. The predicted molar refractivity (Wildman–Crippen MR) is 52.8 cm³/mol. The van der Waals surface area contributed by atoms with Crippen molar-refractivity contribution in [2.75, 3.05) is 14.2 Å². The highest BCUT2D eigenvalue weighted by molar-refractivity contribution is 6.04. The van der Waals surface area contributed by atoms with E-state index in [1.54, 1.807) is 24.7 Å². The van der Waals surface area contributed by atoms with E-state index in [1.165, 1.54) is 14.2 Å². The summed E-state index contributed by atoms with van der Waals surface area (Å²) in [7, 11) is 4.29. The number of aromatic nitrogens is 1. The van der Waals surface area contributed by atoms with Gasteiger partial charge >= 0.3 is 11.9 Å². The number of aryl methyl sites for hydroxylation is 1. The average Bonchev–Trinajstić information content (AvgIpc) is 2.53. The van der Waals surface area contributed by atoms with Crippen LogP contribution in [0.2, 0.25) is 0 Å². The van der Waals surface area contributed by atoms with Gasteiger partial charge in [0.25, 0.3) is 0 Å². The molecule has 0 atom stereocenters. The van der Waals surface area contributed by atoms with Crippen LogP contribution in [-0.4, -0.2) is 30.7 Å². The Bertz CT molecular complexity index is 406. The van der Waals surface area contributed by atoms with Gasteiger partial charge in [0.1, 0.15) is 0 Å². The van der Waals surface area contributed by atoms with Crippen LogP contribution in [-0.2, 0) is 16.5 Å². The number of ether oxygens (including phenoxy) is 2. The SMILES string of the molecule is COC(=O)c1cn(C)c(C)c1C(=O)OC. The van der Waals surface area contributed by atoms with Gasteiger partial charge in [0.2, 0.25) is 0 Å². The van der Waals surface area contributed by atoms with E-state index in [0.29, 0.717) is 5.69 Å². The van der Waals surface area contributed by atoms with E-state index in [0.717, 1.165) is 0 Å². The van der Waals surface area contributed by atoms with Crippen molar-refractivity contribution < 1.29 is 19.1 Å². The maximum atomic E-state index is 11.4. The lowest BCUT2D eigenvalue weighted by atomic mass is 10.1. The number of carbonyl (C=O) groups excluding carboxylic acids is 2. The molecule has 5 nitrogen and oxygen atoms in total. The van der Waals surface area contributed by atoms with Crippen LogP contribution in [0.3, 0.4) is 0 Å². The minimum atomic E-state index is -0.542. The topological polar surface area (TPSA) is 57.5 Å². The Labute approximate surface area is 87.6 Å². The molecule has 0 saturated carbocycles. The second-order valence-electron chi connectivity index (χ2n) is 3.10. The first-order chi connectivity index (χ1) is 7.02. The molecule has 0 fully saturated rings. The van der Waals surface area contributed by atoms with Crippen LogP contribution >= 0.6 is 0 Å². The molecular weight excluding hydrogens is 198 g/mol. The van der Waals surface area contributed by atoms with Crippen LogP contribution in [0.15, 0.2) is 6.20 Å². The van der Waals surface area contributed by atoms with E-state index in [9.17, 15) is 9.59 Å². The molecule has 0 amide bonds. The molecule has 0 spiro atoms. The molecule has 0 radical (unpaired) electrons. The molecule has 5 heteroatoms. The number of esters is 2. The molecule has 0 unspecified atom stereocenters. The summed E-state index contributed by atoms with van der Waals surface area (Å²) in [6.07, 6.45) is 1.55. The van der Waals surface area contributed by atoms with Crippen molar-refractivity contribution in [2.45, 2.75) is 6.92 Å². The molecule has 0 N–H and O–H groups in total. The van der Waals surface area contributed by atoms with Crippen molar-refractivity contribution in [3.05, 3.63) is 23.0 Å². The standard InChI is InChI=1S/C10H13NO4/c1-6-8(10(13)15-4)7(5-11(6)2)9(12)14-3/h5H,1-4H3. The lowest BCUT2D eigenvalue weighted by Gasteiger charge is -2.01. The van der Waals surface area contributed by atoms with Gasteiger partial charge in [-0.15, -0.1) is 0 Å². The second kappa shape index (κ2) is 4.16. The lowest BCUT2D eigenvalue weighted by molar-refractivity contribution is 0.0556. The zero-order valence-corrected chi connectivity index (χ0v) is 9.16. The molecule has 0 saturated heterocycles. The Hall–Kier alpha value is -1.78. The molecule has 0 aromatic carbocycles. The van der Waals surface area contributed by atoms with Crippen LogP contribution in [0.4, 0.5) is 0 Å². The summed E-state index contributed by atoms with van der Waals surface area (Å²) in [5.41, 5.74) is 1.15. The van der Waals surface area contributed by atoms with Crippen molar-refractivity contribution in [3.63, 3.8) is 0 Å². The molecule has 1 heterocycles. The zero-order valence-electron chi connectivity index (χ0n) is 9.16. The Kier molecular flexibility index (Phi) is 3.14. The molecule has 1 aromatic rings. The van der Waals surface area contributed by atoms with E-state index in [1.807, 2.05) is 0 Å². The van der Waals surface area contributed by atoms with Gasteiger partial charge in [-0.3, -0.25) is 0 Å². The highest BCUT2D eigenvalue weighted by Crippen LogP contribution is 2.17. The number of hydrogen-bond donors (Lipinski definition) is 0. The first kappa shape index (κ1) is 11.3. The quantitative estimate of drug-likeness (QED) is 0.682. The number of rotatable bonds is 2. The number of hydrogen-bond acceptors (Lipinski definition) is 4. The molecule has 15 heavy (non-hydrogen) atoms.